The first kappa shape index (κ1) is 25.0. The van der Waals surface area contributed by atoms with Crippen LogP contribution >= 0.6 is 11.3 Å². The maximum absolute atomic E-state index is 12.3. The number of fused-ring (bicyclic) bond motifs is 1. The Labute approximate surface area is 200 Å². The molecule has 182 valence electrons. The van der Waals surface area contributed by atoms with Crippen LogP contribution in [0.2, 0.25) is 0 Å². The molecule has 1 N–H and O–H groups in total. The van der Waals surface area contributed by atoms with Gasteiger partial charge in [0, 0.05) is 12.0 Å². The number of anilines is 1. The lowest BCUT2D eigenvalue weighted by molar-refractivity contribution is -0.149. The van der Waals surface area contributed by atoms with Crippen molar-refractivity contribution in [2.24, 2.45) is 0 Å². The van der Waals surface area contributed by atoms with E-state index in [9.17, 15) is 19.2 Å². The van der Waals surface area contributed by atoms with Gasteiger partial charge < -0.3 is 29.0 Å². The molecule has 3 rings (SSSR count). The van der Waals surface area contributed by atoms with Crippen LogP contribution in [0.15, 0.2) is 18.2 Å². The zero-order valence-electron chi connectivity index (χ0n) is 19.4. The third-order valence-corrected chi connectivity index (χ3v) is 6.11. The van der Waals surface area contributed by atoms with Crippen LogP contribution in [-0.4, -0.2) is 56.8 Å². The minimum atomic E-state index is -0.768. The molecular weight excluding hydrogens is 466 g/mol. The van der Waals surface area contributed by atoms with E-state index < -0.39 is 37.0 Å². The molecule has 0 atom stereocenters. The fraction of sp³-hybridized carbons (Fsp3) is 0.391. The molecule has 0 saturated carbocycles. The van der Waals surface area contributed by atoms with Crippen LogP contribution in [0.4, 0.5) is 5.00 Å². The molecule has 1 aromatic heterocycles. The Morgan fingerprint density at radius 1 is 1.09 bits per heavy atom. The number of rotatable bonds is 8. The first-order chi connectivity index (χ1) is 16.1. The Morgan fingerprint density at radius 3 is 2.47 bits per heavy atom. The van der Waals surface area contributed by atoms with Crippen molar-refractivity contribution in [3.63, 3.8) is 0 Å². The number of methoxy groups -OCH3 is 2. The molecule has 1 aliphatic heterocycles. The average molecular weight is 492 g/mol. The number of thiophene rings is 1. The summed E-state index contributed by atoms with van der Waals surface area (Å²) in [6, 6.07) is 5.43. The van der Waals surface area contributed by atoms with Crippen molar-refractivity contribution in [1.29, 1.82) is 0 Å². The van der Waals surface area contributed by atoms with Crippen molar-refractivity contribution in [2.45, 2.75) is 32.8 Å². The summed E-state index contributed by atoms with van der Waals surface area (Å²) in [4.78, 5) is 48.7. The summed E-state index contributed by atoms with van der Waals surface area (Å²) in [5.41, 5.74) is 0.952. The lowest BCUT2D eigenvalue weighted by atomic mass is 10.0. The molecule has 1 aliphatic rings. The van der Waals surface area contributed by atoms with Crippen LogP contribution in [0.3, 0.4) is 0 Å². The van der Waals surface area contributed by atoms with Crippen molar-refractivity contribution in [1.82, 2.24) is 0 Å². The van der Waals surface area contributed by atoms with Gasteiger partial charge >= 0.3 is 17.9 Å². The fourth-order valence-electron chi connectivity index (χ4n) is 3.42. The molecular formula is C23H25NO9S. The summed E-state index contributed by atoms with van der Waals surface area (Å²) in [7, 11) is 2.38. The van der Waals surface area contributed by atoms with Crippen molar-refractivity contribution in [3.8, 4) is 11.5 Å². The van der Waals surface area contributed by atoms with Gasteiger partial charge in [-0.1, -0.05) is 12.1 Å². The highest BCUT2D eigenvalue weighted by Crippen LogP contribution is 2.41. The molecule has 10 nitrogen and oxygen atoms in total. The van der Waals surface area contributed by atoms with E-state index >= 15 is 0 Å². The Kier molecular flexibility index (Phi) is 7.45. The smallest absolute Gasteiger partial charge is 0.348 e. The van der Waals surface area contributed by atoms with E-state index in [0.717, 1.165) is 23.3 Å². The lowest BCUT2D eigenvalue weighted by Crippen LogP contribution is -2.25. The summed E-state index contributed by atoms with van der Waals surface area (Å²) in [5.74, 6) is -1.86. The maximum atomic E-state index is 12.3. The summed E-state index contributed by atoms with van der Waals surface area (Å²) >= 11 is 0.857. The minimum absolute atomic E-state index is 0.0248. The molecule has 11 heteroatoms. The minimum Gasteiger partial charge on any atom is -0.483 e. The largest absolute Gasteiger partial charge is 0.483 e. The van der Waals surface area contributed by atoms with Crippen LogP contribution in [0.5, 0.6) is 11.5 Å². The topological polar surface area (TPSA) is 126 Å². The van der Waals surface area contributed by atoms with Gasteiger partial charge in [-0.15, -0.1) is 11.3 Å². The van der Waals surface area contributed by atoms with E-state index in [2.05, 4.69) is 5.32 Å². The summed E-state index contributed by atoms with van der Waals surface area (Å²) in [6.45, 7) is 4.40. The number of para-hydroxylation sites is 1. The second-order valence-corrected chi connectivity index (χ2v) is 9.04. The number of esters is 3. The van der Waals surface area contributed by atoms with Crippen molar-refractivity contribution in [3.05, 3.63) is 39.8 Å². The normalized spacial score (nSPS) is 13.3. The Hall–Kier alpha value is -3.60. The van der Waals surface area contributed by atoms with E-state index in [-0.39, 0.29) is 21.0 Å². The summed E-state index contributed by atoms with van der Waals surface area (Å²) in [5, 5.41) is 2.56. The zero-order valence-corrected chi connectivity index (χ0v) is 20.3. The van der Waals surface area contributed by atoms with E-state index in [4.69, 9.17) is 23.7 Å². The molecule has 0 aliphatic carbocycles. The quantitative estimate of drug-likeness (QED) is 0.438. The lowest BCUT2D eigenvalue weighted by Gasteiger charge is -2.18. The molecule has 1 amide bonds. The molecule has 34 heavy (non-hydrogen) atoms. The Balaban J connectivity index is 1.58. The number of benzene rings is 1. The van der Waals surface area contributed by atoms with Crippen molar-refractivity contribution >= 4 is 40.2 Å². The van der Waals surface area contributed by atoms with Gasteiger partial charge in [0.2, 0.25) is 0 Å². The number of amides is 1. The van der Waals surface area contributed by atoms with Gasteiger partial charge in [-0.3, -0.25) is 4.79 Å². The number of hydrogen-bond acceptors (Lipinski definition) is 10. The van der Waals surface area contributed by atoms with Crippen molar-refractivity contribution in [2.75, 3.05) is 32.8 Å². The van der Waals surface area contributed by atoms with Gasteiger partial charge in [0.1, 0.15) is 15.5 Å². The van der Waals surface area contributed by atoms with Gasteiger partial charge in [-0.2, -0.15) is 0 Å². The molecule has 0 spiro atoms. The van der Waals surface area contributed by atoms with Crippen LogP contribution in [0.25, 0.3) is 0 Å². The van der Waals surface area contributed by atoms with Crippen LogP contribution in [-0.2, 0) is 30.2 Å². The van der Waals surface area contributed by atoms with E-state index in [1.54, 1.807) is 6.07 Å². The van der Waals surface area contributed by atoms with Gasteiger partial charge in [-0.25, -0.2) is 14.4 Å². The van der Waals surface area contributed by atoms with Gasteiger partial charge in [0.05, 0.1) is 19.8 Å². The molecule has 1 aromatic carbocycles. The molecule has 0 fully saturated rings. The highest BCUT2D eigenvalue weighted by atomic mass is 32.1. The summed E-state index contributed by atoms with van der Waals surface area (Å²) in [6.07, 6.45) is 0.720. The molecule has 2 aromatic rings. The highest BCUT2D eigenvalue weighted by Gasteiger charge is 2.32. The molecule has 0 unspecified atom stereocenters. The second kappa shape index (κ2) is 10.1. The molecule has 0 bridgehead atoms. The first-order valence-electron chi connectivity index (χ1n) is 10.3. The Bertz CT molecular complexity index is 1140. The average Bonchev–Trinajstić information content (AvgIpc) is 3.29. The van der Waals surface area contributed by atoms with Crippen LogP contribution in [0, 0.1) is 6.92 Å². The van der Waals surface area contributed by atoms with Crippen LogP contribution < -0.4 is 14.8 Å². The number of ether oxygens (including phenoxy) is 5. The van der Waals surface area contributed by atoms with E-state index in [1.807, 2.05) is 26.0 Å². The number of hydrogen-bond donors (Lipinski definition) is 1. The van der Waals surface area contributed by atoms with Gasteiger partial charge in [0.15, 0.2) is 24.7 Å². The molecule has 2 heterocycles. The van der Waals surface area contributed by atoms with Crippen LogP contribution in [0.1, 0.15) is 45.0 Å². The number of carbonyl (C=O) groups is 4. The van der Waals surface area contributed by atoms with Gasteiger partial charge in [-0.05, 0) is 32.4 Å². The molecule has 0 saturated heterocycles. The Morgan fingerprint density at radius 2 is 1.79 bits per heavy atom. The van der Waals surface area contributed by atoms with Gasteiger partial charge in [0.25, 0.3) is 5.91 Å². The monoisotopic (exact) mass is 491 g/mol. The molecule has 0 radical (unpaired) electrons. The standard InChI is InChI=1S/C23H25NO9S/c1-12-17(21(27)29-4)20(34-19(12)22(28)30-5)24-15(25)10-32-16(26)11-31-14-8-6-7-13-9-23(2,3)33-18(13)14/h6-8H,9-11H2,1-5H3,(H,24,25). The zero-order chi connectivity index (χ0) is 25.0. The van der Waals surface area contributed by atoms with E-state index in [1.165, 1.54) is 21.1 Å². The van der Waals surface area contributed by atoms with Crippen molar-refractivity contribution < 1.29 is 42.9 Å². The number of nitrogens with one attached hydrogen (secondary N) is 1. The SMILES string of the molecule is COC(=O)c1sc(NC(=O)COC(=O)COc2cccc3c2OC(C)(C)C3)c(C(=O)OC)c1C. The predicted octanol–water partition coefficient (Wildman–Crippen LogP) is 2.90. The highest BCUT2D eigenvalue weighted by molar-refractivity contribution is 7.18. The van der Waals surface area contributed by atoms with E-state index in [0.29, 0.717) is 17.1 Å². The predicted molar refractivity (Wildman–Crippen MR) is 122 cm³/mol. The third kappa shape index (κ3) is 5.48. The fourth-order valence-corrected chi connectivity index (χ4v) is 4.55. The maximum Gasteiger partial charge on any atom is 0.348 e. The second-order valence-electron chi connectivity index (χ2n) is 8.02. The first-order valence-corrected chi connectivity index (χ1v) is 11.1. The summed E-state index contributed by atoms with van der Waals surface area (Å²) < 4.78 is 25.8. The number of carbonyl (C=O) groups excluding carboxylic acids is 4. The third-order valence-electron chi connectivity index (χ3n) is 4.92.